The van der Waals surface area contributed by atoms with E-state index in [-0.39, 0.29) is 0 Å². The Labute approximate surface area is 184 Å². The number of rotatable bonds is 4. The van der Waals surface area contributed by atoms with E-state index < -0.39 is 0 Å². The molecule has 0 atom stereocenters. The van der Waals surface area contributed by atoms with Crippen molar-refractivity contribution in [1.29, 1.82) is 10.5 Å². The standard InChI is InChI=1S/C24H21N5OS/c1-13-8-17(15(3)29(13)24-20(12-26)14(2)16(4)31-24)9-18(11-25)23-27-21-7-6-19(30-5)10-22(21)28-23/h6-10H,1-5H3,(H,27,28). The molecule has 1 N–H and O–H groups in total. The fourth-order valence-electron chi connectivity index (χ4n) is 3.70. The number of hydrogen-bond donors (Lipinski definition) is 1. The average molecular weight is 428 g/mol. The number of fused-ring (bicyclic) bond motifs is 1. The van der Waals surface area contributed by atoms with E-state index in [1.54, 1.807) is 18.4 Å². The maximum absolute atomic E-state index is 9.82. The van der Waals surface area contributed by atoms with E-state index in [1.165, 1.54) is 0 Å². The number of H-pyrrole nitrogens is 1. The van der Waals surface area contributed by atoms with Crippen molar-refractivity contribution in [3.8, 4) is 22.9 Å². The number of aromatic nitrogens is 3. The lowest BCUT2D eigenvalue weighted by atomic mass is 10.1. The minimum absolute atomic E-state index is 0.439. The van der Waals surface area contributed by atoms with Crippen molar-refractivity contribution in [2.75, 3.05) is 7.11 Å². The Balaban J connectivity index is 1.82. The van der Waals surface area contributed by atoms with Crippen LogP contribution < -0.4 is 4.74 Å². The van der Waals surface area contributed by atoms with Gasteiger partial charge in [-0.1, -0.05) is 0 Å². The number of imidazole rings is 1. The van der Waals surface area contributed by atoms with Crippen LogP contribution in [0.25, 0.3) is 27.7 Å². The number of nitriles is 2. The minimum atomic E-state index is 0.439. The molecule has 0 saturated carbocycles. The highest BCUT2D eigenvalue weighted by molar-refractivity contribution is 7.14. The second kappa shape index (κ2) is 7.79. The van der Waals surface area contributed by atoms with Crippen LogP contribution in [0.2, 0.25) is 0 Å². The summed E-state index contributed by atoms with van der Waals surface area (Å²) < 4.78 is 7.36. The molecule has 4 rings (SSSR count). The SMILES string of the molecule is COc1ccc2nc(C(C#N)=Cc3cc(C)n(-c4sc(C)c(C)c4C#N)c3C)[nH]c2c1. The molecule has 0 amide bonds. The van der Waals surface area contributed by atoms with Crippen LogP contribution in [0.5, 0.6) is 5.75 Å². The number of nitrogens with one attached hydrogen (secondary N) is 1. The number of nitrogens with zero attached hydrogens (tertiary/aromatic N) is 4. The van der Waals surface area contributed by atoms with Crippen molar-refractivity contribution in [1.82, 2.24) is 14.5 Å². The molecule has 0 aliphatic heterocycles. The first-order chi connectivity index (χ1) is 14.9. The maximum atomic E-state index is 9.82. The predicted octanol–water partition coefficient (Wildman–Crippen LogP) is 5.59. The van der Waals surface area contributed by atoms with Gasteiger partial charge in [0.25, 0.3) is 0 Å². The van der Waals surface area contributed by atoms with Gasteiger partial charge in [0, 0.05) is 22.3 Å². The summed E-state index contributed by atoms with van der Waals surface area (Å²) >= 11 is 1.61. The Morgan fingerprint density at radius 1 is 1.19 bits per heavy atom. The van der Waals surface area contributed by atoms with Gasteiger partial charge in [0.05, 0.1) is 29.3 Å². The highest BCUT2D eigenvalue weighted by atomic mass is 32.1. The van der Waals surface area contributed by atoms with Crippen LogP contribution in [0, 0.1) is 50.4 Å². The summed E-state index contributed by atoms with van der Waals surface area (Å²) in [6.07, 6.45) is 1.84. The van der Waals surface area contributed by atoms with Gasteiger partial charge in [-0.2, -0.15) is 10.5 Å². The highest BCUT2D eigenvalue weighted by Gasteiger charge is 2.19. The van der Waals surface area contributed by atoms with Crippen LogP contribution >= 0.6 is 11.3 Å². The zero-order valence-corrected chi connectivity index (χ0v) is 18.8. The first kappa shape index (κ1) is 20.5. The average Bonchev–Trinajstić information content (AvgIpc) is 3.39. The minimum Gasteiger partial charge on any atom is -0.497 e. The lowest BCUT2D eigenvalue weighted by Crippen LogP contribution is -1.99. The monoisotopic (exact) mass is 427 g/mol. The van der Waals surface area contributed by atoms with Gasteiger partial charge in [0.15, 0.2) is 0 Å². The number of ether oxygens (including phenoxy) is 1. The third kappa shape index (κ3) is 3.39. The Morgan fingerprint density at radius 3 is 2.65 bits per heavy atom. The molecule has 0 spiro atoms. The first-order valence-electron chi connectivity index (χ1n) is 9.73. The molecule has 0 unspecified atom stereocenters. The summed E-state index contributed by atoms with van der Waals surface area (Å²) in [5, 5.41) is 20.4. The number of benzene rings is 1. The van der Waals surface area contributed by atoms with Gasteiger partial charge in [-0.25, -0.2) is 4.98 Å². The fraction of sp³-hybridized carbons (Fsp3) is 0.208. The quantitative estimate of drug-likeness (QED) is 0.430. The molecule has 0 fully saturated rings. The van der Waals surface area contributed by atoms with E-state index in [1.807, 2.05) is 58.0 Å². The molecule has 0 aliphatic rings. The highest BCUT2D eigenvalue weighted by Crippen LogP contribution is 2.34. The lowest BCUT2D eigenvalue weighted by molar-refractivity contribution is 0.415. The second-order valence-corrected chi connectivity index (χ2v) is 8.58. The molecule has 3 aromatic heterocycles. The molecular formula is C24H21N5OS. The Morgan fingerprint density at radius 2 is 1.97 bits per heavy atom. The molecule has 31 heavy (non-hydrogen) atoms. The van der Waals surface area contributed by atoms with Crippen LogP contribution in [0.15, 0.2) is 24.3 Å². The van der Waals surface area contributed by atoms with Gasteiger partial charge in [-0.3, -0.25) is 0 Å². The van der Waals surface area contributed by atoms with Gasteiger partial charge in [0.2, 0.25) is 0 Å². The van der Waals surface area contributed by atoms with E-state index in [9.17, 15) is 10.5 Å². The van der Waals surface area contributed by atoms with Crippen molar-refractivity contribution in [2.24, 2.45) is 0 Å². The molecule has 154 valence electrons. The van der Waals surface area contributed by atoms with Crippen molar-refractivity contribution >= 4 is 34.0 Å². The molecule has 0 aliphatic carbocycles. The van der Waals surface area contributed by atoms with E-state index in [0.717, 1.165) is 49.2 Å². The predicted molar refractivity (Wildman–Crippen MR) is 123 cm³/mol. The zero-order valence-electron chi connectivity index (χ0n) is 18.0. The Hall–Kier alpha value is -3.81. The summed E-state index contributed by atoms with van der Waals surface area (Å²) in [7, 11) is 1.61. The summed E-state index contributed by atoms with van der Waals surface area (Å²) in [5.74, 6) is 1.24. The van der Waals surface area contributed by atoms with Gasteiger partial charge in [-0.05, 0) is 63.1 Å². The summed E-state index contributed by atoms with van der Waals surface area (Å²) in [6, 6.07) is 12.2. The van der Waals surface area contributed by atoms with Gasteiger partial charge < -0.3 is 14.3 Å². The number of thiophene rings is 1. The molecule has 6 nitrogen and oxygen atoms in total. The van der Waals surface area contributed by atoms with Crippen LogP contribution in [0.3, 0.4) is 0 Å². The smallest absolute Gasteiger partial charge is 0.149 e. The third-order valence-electron chi connectivity index (χ3n) is 5.52. The first-order valence-corrected chi connectivity index (χ1v) is 10.5. The molecular weight excluding hydrogens is 406 g/mol. The van der Waals surface area contributed by atoms with E-state index in [0.29, 0.717) is 17.0 Å². The molecule has 3 heterocycles. The summed E-state index contributed by atoms with van der Waals surface area (Å²) in [4.78, 5) is 8.91. The lowest BCUT2D eigenvalue weighted by Gasteiger charge is -2.07. The van der Waals surface area contributed by atoms with Crippen molar-refractivity contribution in [3.05, 3.63) is 63.0 Å². The fourth-order valence-corrected chi connectivity index (χ4v) is 4.91. The van der Waals surface area contributed by atoms with Crippen LogP contribution in [0.1, 0.15) is 38.8 Å². The summed E-state index contributed by atoms with van der Waals surface area (Å²) in [5.41, 5.74) is 6.63. The number of aromatic amines is 1. The number of methoxy groups -OCH3 is 1. The second-order valence-electron chi connectivity index (χ2n) is 7.38. The van der Waals surface area contributed by atoms with Gasteiger partial charge in [0.1, 0.15) is 28.7 Å². The Kier molecular flexibility index (Phi) is 5.14. The molecule has 0 radical (unpaired) electrons. The topological polar surface area (TPSA) is 90.4 Å². The maximum Gasteiger partial charge on any atom is 0.149 e. The zero-order chi connectivity index (χ0) is 22.3. The van der Waals surface area contributed by atoms with Crippen molar-refractivity contribution < 1.29 is 4.74 Å². The van der Waals surface area contributed by atoms with E-state index in [2.05, 4.69) is 26.7 Å². The Bertz CT molecular complexity index is 1440. The van der Waals surface area contributed by atoms with Gasteiger partial charge >= 0.3 is 0 Å². The number of hydrogen-bond acceptors (Lipinski definition) is 5. The van der Waals surface area contributed by atoms with Crippen LogP contribution in [0.4, 0.5) is 0 Å². The number of aryl methyl sites for hydroxylation is 2. The van der Waals surface area contributed by atoms with Crippen LogP contribution in [-0.2, 0) is 0 Å². The van der Waals surface area contributed by atoms with Crippen molar-refractivity contribution in [2.45, 2.75) is 27.7 Å². The van der Waals surface area contributed by atoms with E-state index in [4.69, 9.17) is 4.74 Å². The molecule has 0 bridgehead atoms. The molecule has 0 saturated heterocycles. The number of allylic oxidation sites excluding steroid dienone is 1. The van der Waals surface area contributed by atoms with Crippen molar-refractivity contribution in [3.63, 3.8) is 0 Å². The largest absolute Gasteiger partial charge is 0.497 e. The summed E-state index contributed by atoms with van der Waals surface area (Å²) in [6.45, 7) is 8.02. The third-order valence-corrected chi connectivity index (χ3v) is 6.71. The molecule has 7 heteroatoms. The normalized spacial score (nSPS) is 11.5. The van der Waals surface area contributed by atoms with E-state index >= 15 is 0 Å². The molecule has 1 aromatic carbocycles. The molecule has 4 aromatic rings. The van der Waals surface area contributed by atoms with Gasteiger partial charge in [-0.15, -0.1) is 11.3 Å². The van der Waals surface area contributed by atoms with Crippen LogP contribution in [-0.4, -0.2) is 21.6 Å².